The van der Waals surface area contributed by atoms with Gasteiger partial charge in [-0.2, -0.15) is 0 Å². The van der Waals surface area contributed by atoms with Gasteiger partial charge in [0.15, 0.2) is 0 Å². The summed E-state index contributed by atoms with van der Waals surface area (Å²) in [7, 11) is 9.47. The number of pyridine rings is 2. The Labute approximate surface area is 116 Å². The zero-order valence-corrected chi connectivity index (χ0v) is 12.0. The summed E-state index contributed by atoms with van der Waals surface area (Å²) in [5, 5.41) is 0. The molecular weight excluding hydrogens is 302 g/mol. The van der Waals surface area contributed by atoms with Crippen LogP contribution >= 0.6 is 20.3 Å². The number of aryl methyl sites for hydroxylation is 2. The Hall–Kier alpha value is -0.614. The molecule has 0 saturated heterocycles. The molecule has 93 valence electrons. The molecule has 0 bridgehead atoms. The van der Waals surface area contributed by atoms with Gasteiger partial charge in [0, 0.05) is 11.4 Å². The van der Waals surface area contributed by atoms with Crippen LogP contribution in [0.4, 0.5) is 0 Å². The molecule has 0 radical (unpaired) electrons. The van der Waals surface area contributed by atoms with Gasteiger partial charge in [0.1, 0.15) is 0 Å². The fraction of sp³-hybridized carbons (Fsp3) is 0.167. The van der Waals surface area contributed by atoms with Crippen molar-refractivity contribution in [2.75, 3.05) is 0 Å². The molecule has 0 amide bonds. The Balaban J connectivity index is 0.000000437. The van der Waals surface area contributed by atoms with Gasteiger partial charge in [0.2, 0.25) is 0 Å². The van der Waals surface area contributed by atoms with Crippen LogP contribution in [0.15, 0.2) is 36.4 Å². The summed E-state index contributed by atoms with van der Waals surface area (Å²) in [6.07, 6.45) is 0. The summed E-state index contributed by atoms with van der Waals surface area (Å²) in [5.74, 6) is 0. The Morgan fingerprint density at radius 1 is 0.824 bits per heavy atom. The van der Waals surface area contributed by atoms with Crippen molar-refractivity contribution in [1.82, 2.24) is 9.97 Å². The SMILES string of the molecule is Cc1cccc(-c2cccc(C)n2)n1.[Cl][Co][Cl]. The summed E-state index contributed by atoms with van der Waals surface area (Å²) in [4.78, 5) is 8.84. The number of hydrogen-bond acceptors (Lipinski definition) is 2. The molecule has 0 aliphatic carbocycles. The summed E-state index contributed by atoms with van der Waals surface area (Å²) in [6, 6.07) is 11.9. The molecule has 0 atom stereocenters. The van der Waals surface area contributed by atoms with Gasteiger partial charge in [-0.25, -0.2) is 0 Å². The zero-order chi connectivity index (χ0) is 12.7. The first-order chi connectivity index (χ1) is 8.17. The first-order valence-electron chi connectivity index (χ1n) is 4.88. The summed E-state index contributed by atoms with van der Waals surface area (Å²) in [5.41, 5.74) is 3.92. The molecule has 17 heavy (non-hydrogen) atoms. The van der Waals surface area contributed by atoms with Gasteiger partial charge in [0.25, 0.3) is 0 Å². The first kappa shape index (κ1) is 14.4. The Morgan fingerprint density at radius 3 is 1.47 bits per heavy atom. The van der Waals surface area contributed by atoms with Crippen LogP contribution in [-0.2, 0) is 12.9 Å². The predicted octanol–water partition coefficient (Wildman–Crippen LogP) is 4.14. The number of halogens is 2. The molecule has 2 aromatic rings. The van der Waals surface area contributed by atoms with Crippen LogP contribution in [0.5, 0.6) is 0 Å². The second kappa shape index (κ2) is 7.66. The maximum atomic E-state index is 4.73. The van der Waals surface area contributed by atoms with Gasteiger partial charge in [-0.15, -0.1) is 0 Å². The zero-order valence-electron chi connectivity index (χ0n) is 9.45. The van der Waals surface area contributed by atoms with E-state index in [0.29, 0.717) is 12.9 Å². The first-order valence-corrected chi connectivity index (χ1v) is 7.75. The molecule has 0 N–H and O–H groups in total. The van der Waals surface area contributed by atoms with E-state index in [2.05, 4.69) is 9.97 Å². The minimum atomic E-state index is 0.382. The van der Waals surface area contributed by atoms with E-state index in [1.807, 2.05) is 50.2 Å². The maximum absolute atomic E-state index is 4.73. The van der Waals surface area contributed by atoms with E-state index < -0.39 is 0 Å². The van der Waals surface area contributed by atoms with Gasteiger partial charge in [-0.05, 0) is 38.1 Å². The van der Waals surface area contributed by atoms with Crippen LogP contribution < -0.4 is 0 Å². The predicted molar refractivity (Wildman–Crippen MR) is 68.6 cm³/mol. The molecule has 5 heteroatoms. The number of aromatic nitrogens is 2. The summed E-state index contributed by atoms with van der Waals surface area (Å²) in [6.45, 7) is 3.97. The van der Waals surface area contributed by atoms with Crippen LogP contribution in [0, 0.1) is 13.8 Å². The Bertz CT molecular complexity index is 434. The molecule has 2 rings (SSSR count). The summed E-state index contributed by atoms with van der Waals surface area (Å²) < 4.78 is 0. The van der Waals surface area contributed by atoms with Gasteiger partial charge in [0.05, 0.1) is 11.4 Å². The fourth-order valence-electron chi connectivity index (χ4n) is 1.37. The van der Waals surface area contributed by atoms with Crippen molar-refractivity contribution in [3.63, 3.8) is 0 Å². The van der Waals surface area contributed by atoms with Crippen LogP contribution in [0.2, 0.25) is 0 Å². The number of nitrogens with zero attached hydrogens (tertiary/aromatic N) is 2. The monoisotopic (exact) mass is 313 g/mol. The standard InChI is InChI=1S/C12H12N2.2ClH.Co/c1-9-5-3-7-11(13-9)12-8-4-6-10(2)14-12;;;/h3-8H,1-2H3;2*1H;/q;;;+2/p-2. The number of rotatable bonds is 1. The quantitative estimate of drug-likeness (QED) is 0.791. The van der Waals surface area contributed by atoms with Crippen LogP contribution in [-0.4, -0.2) is 9.97 Å². The fourth-order valence-corrected chi connectivity index (χ4v) is 1.37. The Kier molecular flexibility index (Phi) is 6.51. The molecule has 0 aromatic carbocycles. The molecule has 2 heterocycles. The molecule has 0 aliphatic heterocycles. The van der Waals surface area contributed by atoms with E-state index in [4.69, 9.17) is 20.3 Å². The van der Waals surface area contributed by atoms with Crippen LogP contribution in [0.3, 0.4) is 0 Å². The third kappa shape index (κ3) is 5.04. The Morgan fingerprint density at radius 2 is 1.18 bits per heavy atom. The van der Waals surface area contributed by atoms with Crippen molar-refractivity contribution in [1.29, 1.82) is 0 Å². The van der Waals surface area contributed by atoms with Crippen molar-refractivity contribution in [2.24, 2.45) is 0 Å². The molecule has 0 saturated carbocycles. The molecule has 0 aliphatic rings. The minimum absolute atomic E-state index is 0.382. The second-order valence-electron chi connectivity index (χ2n) is 3.38. The molecule has 0 fully saturated rings. The van der Waals surface area contributed by atoms with Gasteiger partial charge >= 0.3 is 33.2 Å². The second-order valence-corrected chi connectivity index (χ2v) is 5.10. The third-order valence-electron chi connectivity index (χ3n) is 2.04. The van der Waals surface area contributed by atoms with Crippen molar-refractivity contribution in [2.45, 2.75) is 13.8 Å². The molecule has 2 nitrogen and oxygen atoms in total. The van der Waals surface area contributed by atoms with E-state index in [9.17, 15) is 0 Å². The van der Waals surface area contributed by atoms with E-state index in [-0.39, 0.29) is 0 Å². The molecular formula is C12H12Cl2CoN2. The third-order valence-corrected chi connectivity index (χ3v) is 2.04. The van der Waals surface area contributed by atoms with Gasteiger partial charge in [-0.1, -0.05) is 12.1 Å². The molecule has 0 spiro atoms. The van der Waals surface area contributed by atoms with E-state index in [1.54, 1.807) is 0 Å². The molecule has 0 unspecified atom stereocenters. The van der Waals surface area contributed by atoms with Crippen molar-refractivity contribution < 1.29 is 12.9 Å². The average molecular weight is 314 g/mol. The average Bonchev–Trinajstić information content (AvgIpc) is 2.30. The van der Waals surface area contributed by atoms with Crippen LogP contribution in [0.1, 0.15) is 11.4 Å². The van der Waals surface area contributed by atoms with Crippen molar-refractivity contribution in [3.05, 3.63) is 47.8 Å². The van der Waals surface area contributed by atoms with E-state index >= 15 is 0 Å². The van der Waals surface area contributed by atoms with Crippen molar-refractivity contribution in [3.8, 4) is 11.4 Å². The van der Waals surface area contributed by atoms with Crippen molar-refractivity contribution >= 4 is 20.3 Å². The topological polar surface area (TPSA) is 25.8 Å². The van der Waals surface area contributed by atoms with Gasteiger partial charge < -0.3 is 0 Å². The normalized spacial score (nSPS) is 9.65. The van der Waals surface area contributed by atoms with E-state index in [0.717, 1.165) is 22.8 Å². The van der Waals surface area contributed by atoms with E-state index in [1.165, 1.54) is 0 Å². The van der Waals surface area contributed by atoms with Crippen LogP contribution in [0.25, 0.3) is 11.4 Å². The van der Waals surface area contributed by atoms with Gasteiger partial charge in [-0.3, -0.25) is 9.97 Å². The molecule has 2 aromatic heterocycles. The summed E-state index contributed by atoms with van der Waals surface area (Å²) >= 11 is 0.382. The number of hydrogen-bond donors (Lipinski definition) is 0.